The maximum absolute atomic E-state index is 12.5. The van der Waals surface area contributed by atoms with E-state index in [-0.39, 0.29) is 17.4 Å². The molecule has 1 amide bonds. The van der Waals surface area contributed by atoms with Crippen molar-refractivity contribution in [3.05, 3.63) is 41.0 Å². The van der Waals surface area contributed by atoms with Crippen LogP contribution in [0.3, 0.4) is 0 Å². The van der Waals surface area contributed by atoms with E-state index in [0.29, 0.717) is 22.2 Å². The van der Waals surface area contributed by atoms with Crippen LogP contribution in [-0.4, -0.2) is 60.0 Å². The minimum atomic E-state index is -0.0727. The summed E-state index contributed by atoms with van der Waals surface area (Å²) in [7, 11) is 0. The summed E-state index contributed by atoms with van der Waals surface area (Å²) < 4.78 is 1.67. The Hall–Kier alpha value is -2.68. The van der Waals surface area contributed by atoms with E-state index in [4.69, 9.17) is 0 Å². The number of ketones is 1. The summed E-state index contributed by atoms with van der Waals surface area (Å²) >= 11 is 1.26. The lowest BCUT2D eigenvalue weighted by Gasteiger charge is -2.13. The van der Waals surface area contributed by atoms with Crippen LogP contribution in [0.1, 0.15) is 45.1 Å². The Morgan fingerprint density at radius 1 is 1.19 bits per heavy atom. The summed E-state index contributed by atoms with van der Waals surface area (Å²) in [5.41, 5.74) is 2.78. The number of aromatic nitrogens is 5. The molecule has 1 aliphatic heterocycles. The van der Waals surface area contributed by atoms with E-state index < -0.39 is 0 Å². The molecule has 140 valence electrons. The molecule has 3 aromatic heterocycles. The number of thioether (sulfide) groups is 1. The number of likely N-dealkylation sites (tertiary alicyclic amines) is 1. The number of fused-ring (bicyclic) bond motifs is 1. The number of hydrogen-bond donors (Lipinski definition) is 1. The van der Waals surface area contributed by atoms with Crippen LogP contribution in [0.4, 0.5) is 0 Å². The van der Waals surface area contributed by atoms with E-state index in [2.05, 4.69) is 20.1 Å². The number of H-pyrrole nitrogens is 1. The molecule has 0 radical (unpaired) electrons. The van der Waals surface area contributed by atoms with Gasteiger partial charge in [-0.25, -0.2) is 9.50 Å². The number of aryl methyl sites for hydroxylation is 2. The summed E-state index contributed by atoms with van der Waals surface area (Å²) in [4.78, 5) is 38.3. The predicted molar refractivity (Wildman–Crippen MR) is 101 cm³/mol. The molecule has 0 unspecified atom stereocenters. The van der Waals surface area contributed by atoms with Gasteiger partial charge in [0.25, 0.3) is 11.7 Å². The fourth-order valence-corrected chi connectivity index (χ4v) is 3.90. The molecule has 4 heterocycles. The van der Waals surface area contributed by atoms with Crippen molar-refractivity contribution in [2.75, 3.05) is 18.8 Å². The number of Topliss-reactive ketones (excluding diaryl/α,β-unsaturated/α-hetero) is 1. The average Bonchev–Trinajstić information content (AvgIpc) is 3.38. The standard InChI is InChI=1S/C18H20N6O2S/c1-11-7-12(2)24-17(20-11)21-18(22-24)27-10-15(25)13-8-14(19-9-13)16(26)23-5-3-4-6-23/h7-9,19H,3-6,10H2,1-2H3. The highest BCUT2D eigenvalue weighted by Crippen LogP contribution is 2.18. The third kappa shape index (κ3) is 3.59. The molecule has 4 rings (SSSR count). The van der Waals surface area contributed by atoms with Crippen molar-refractivity contribution in [1.82, 2.24) is 29.5 Å². The van der Waals surface area contributed by atoms with Gasteiger partial charge in [-0.1, -0.05) is 11.8 Å². The summed E-state index contributed by atoms with van der Waals surface area (Å²) in [6.45, 7) is 5.41. The lowest BCUT2D eigenvalue weighted by atomic mass is 10.2. The number of carbonyl (C=O) groups excluding carboxylic acids is 2. The molecule has 9 heteroatoms. The van der Waals surface area contributed by atoms with E-state index in [1.807, 2.05) is 24.8 Å². The highest BCUT2D eigenvalue weighted by Gasteiger charge is 2.22. The van der Waals surface area contributed by atoms with Crippen molar-refractivity contribution in [3.63, 3.8) is 0 Å². The molecule has 3 aromatic rings. The Morgan fingerprint density at radius 3 is 2.74 bits per heavy atom. The summed E-state index contributed by atoms with van der Waals surface area (Å²) in [6, 6.07) is 3.57. The van der Waals surface area contributed by atoms with E-state index >= 15 is 0 Å². The van der Waals surface area contributed by atoms with Gasteiger partial charge in [0, 0.05) is 36.2 Å². The highest BCUT2D eigenvalue weighted by atomic mass is 32.2. The van der Waals surface area contributed by atoms with Gasteiger partial charge in [-0.2, -0.15) is 4.98 Å². The maximum atomic E-state index is 12.5. The molecule has 0 aliphatic carbocycles. The molecule has 0 spiro atoms. The van der Waals surface area contributed by atoms with Crippen LogP contribution in [0.5, 0.6) is 0 Å². The van der Waals surface area contributed by atoms with E-state index in [1.165, 1.54) is 11.8 Å². The monoisotopic (exact) mass is 384 g/mol. The first kappa shape index (κ1) is 17.7. The van der Waals surface area contributed by atoms with Gasteiger partial charge in [0.1, 0.15) is 5.69 Å². The second-order valence-corrected chi connectivity index (χ2v) is 7.60. The number of aromatic amines is 1. The molecular formula is C18H20N6O2S. The van der Waals surface area contributed by atoms with Gasteiger partial charge in [-0.15, -0.1) is 5.10 Å². The quantitative estimate of drug-likeness (QED) is 0.535. The molecule has 8 nitrogen and oxygen atoms in total. The Bertz CT molecular complexity index is 1020. The lowest BCUT2D eigenvalue weighted by molar-refractivity contribution is 0.0787. The molecule has 0 bridgehead atoms. The molecule has 0 aromatic carbocycles. The van der Waals surface area contributed by atoms with Crippen LogP contribution >= 0.6 is 11.8 Å². The van der Waals surface area contributed by atoms with Crippen molar-refractivity contribution < 1.29 is 9.59 Å². The zero-order valence-electron chi connectivity index (χ0n) is 15.2. The Morgan fingerprint density at radius 2 is 1.96 bits per heavy atom. The smallest absolute Gasteiger partial charge is 0.270 e. The number of nitrogens with zero attached hydrogens (tertiary/aromatic N) is 5. The molecule has 0 atom stereocenters. The average molecular weight is 384 g/mol. The van der Waals surface area contributed by atoms with Gasteiger partial charge < -0.3 is 9.88 Å². The Kier molecular flexibility index (Phi) is 4.69. The van der Waals surface area contributed by atoms with Crippen molar-refractivity contribution in [2.45, 2.75) is 31.8 Å². The molecule has 1 saturated heterocycles. The summed E-state index contributed by atoms with van der Waals surface area (Å²) in [6.07, 6.45) is 3.67. The second kappa shape index (κ2) is 7.15. The van der Waals surface area contributed by atoms with Crippen molar-refractivity contribution in [3.8, 4) is 0 Å². The first-order valence-electron chi connectivity index (χ1n) is 8.86. The van der Waals surface area contributed by atoms with Crippen molar-refractivity contribution in [1.29, 1.82) is 0 Å². The van der Waals surface area contributed by atoms with E-state index in [9.17, 15) is 9.59 Å². The summed E-state index contributed by atoms with van der Waals surface area (Å²) in [5, 5.41) is 4.90. The molecular weight excluding hydrogens is 364 g/mol. The lowest BCUT2D eigenvalue weighted by Crippen LogP contribution is -2.27. The van der Waals surface area contributed by atoms with Gasteiger partial charge in [0.2, 0.25) is 5.16 Å². The highest BCUT2D eigenvalue weighted by molar-refractivity contribution is 7.99. The fourth-order valence-electron chi connectivity index (χ4n) is 3.19. The maximum Gasteiger partial charge on any atom is 0.270 e. The number of nitrogens with one attached hydrogen (secondary N) is 1. The topological polar surface area (TPSA) is 96.2 Å². The molecule has 1 N–H and O–H groups in total. The van der Waals surface area contributed by atoms with Gasteiger partial charge in [-0.3, -0.25) is 9.59 Å². The largest absolute Gasteiger partial charge is 0.356 e. The van der Waals surface area contributed by atoms with Gasteiger partial charge in [-0.05, 0) is 38.8 Å². The van der Waals surface area contributed by atoms with Crippen LogP contribution in [0, 0.1) is 13.8 Å². The number of hydrogen-bond acceptors (Lipinski definition) is 6. The third-order valence-corrected chi connectivity index (χ3v) is 5.40. The van der Waals surface area contributed by atoms with Crippen LogP contribution in [0.2, 0.25) is 0 Å². The predicted octanol–water partition coefficient (Wildman–Crippen LogP) is 2.28. The van der Waals surface area contributed by atoms with Gasteiger partial charge in [0.15, 0.2) is 5.78 Å². The van der Waals surface area contributed by atoms with Crippen LogP contribution < -0.4 is 0 Å². The Labute approximate surface area is 160 Å². The Balaban J connectivity index is 1.42. The zero-order valence-corrected chi connectivity index (χ0v) is 16.0. The second-order valence-electron chi connectivity index (χ2n) is 6.66. The first-order chi connectivity index (χ1) is 13.0. The number of carbonyl (C=O) groups is 2. The van der Waals surface area contributed by atoms with Gasteiger partial charge >= 0.3 is 0 Å². The molecule has 0 saturated carbocycles. The van der Waals surface area contributed by atoms with E-state index in [1.54, 1.807) is 16.8 Å². The van der Waals surface area contributed by atoms with Crippen molar-refractivity contribution in [2.24, 2.45) is 0 Å². The van der Waals surface area contributed by atoms with Gasteiger partial charge in [0.05, 0.1) is 5.75 Å². The molecule has 1 fully saturated rings. The van der Waals surface area contributed by atoms with Crippen LogP contribution in [0.15, 0.2) is 23.5 Å². The summed E-state index contributed by atoms with van der Waals surface area (Å²) in [5.74, 6) is 0.613. The minimum Gasteiger partial charge on any atom is -0.356 e. The van der Waals surface area contributed by atoms with E-state index in [0.717, 1.165) is 37.3 Å². The normalized spacial score (nSPS) is 14.2. The SMILES string of the molecule is Cc1cc(C)n2nc(SCC(=O)c3c[nH]c(C(=O)N4CCCC4)c3)nc2n1. The number of rotatable bonds is 5. The third-order valence-electron chi connectivity index (χ3n) is 4.56. The minimum absolute atomic E-state index is 0.0434. The molecule has 27 heavy (non-hydrogen) atoms. The van der Waals surface area contributed by atoms with Crippen LogP contribution in [0.25, 0.3) is 5.78 Å². The zero-order chi connectivity index (χ0) is 19.0. The first-order valence-corrected chi connectivity index (χ1v) is 9.84. The number of amides is 1. The van der Waals surface area contributed by atoms with Crippen LogP contribution in [-0.2, 0) is 0 Å². The fraction of sp³-hybridized carbons (Fsp3) is 0.389. The van der Waals surface area contributed by atoms with Crippen molar-refractivity contribution >= 4 is 29.2 Å². The molecule has 1 aliphatic rings.